The van der Waals surface area contributed by atoms with Crippen LogP contribution in [0.2, 0.25) is 0 Å². The van der Waals surface area contributed by atoms with Crippen LogP contribution in [0, 0.1) is 17.0 Å². The van der Waals surface area contributed by atoms with Gasteiger partial charge in [-0.25, -0.2) is 0 Å². The fraction of sp³-hybridized carbons (Fsp3) is 0.636. The third-order valence-electron chi connectivity index (χ3n) is 2.79. The second-order valence-corrected chi connectivity index (χ2v) is 4.10. The van der Waals surface area contributed by atoms with Crippen LogP contribution in [0.25, 0.3) is 0 Å². The van der Waals surface area contributed by atoms with Crippen LogP contribution in [0.5, 0.6) is 0 Å². The second kappa shape index (κ2) is 5.61. The van der Waals surface area contributed by atoms with Gasteiger partial charge in [0.2, 0.25) is 0 Å². The molecule has 0 bridgehead atoms. The molecule has 1 heterocycles. The average Bonchev–Trinajstić information content (AvgIpc) is 2.57. The van der Waals surface area contributed by atoms with E-state index < -0.39 is 16.8 Å². The largest absolute Gasteiger partial charge is 0.481 e. The summed E-state index contributed by atoms with van der Waals surface area (Å²) >= 11 is 0. The first-order chi connectivity index (χ1) is 8.43. The van der Waals surface area contributed by atoms with Crippen molar-refractivity contribution in [3.63, 3.8) is 0 Å². The Morgan fingerprint density at radius 3 is 2.56 bits per heavy atom. The zero-order valence-electron chi connectivity index (χ0n) is 10.7. The van der Waals surface area contributed by atoms with Gasteiger partial charge < -0.3 is 5.11 Å². The molecule has 1 atom stereocenters. The lowest BCUT2D eigenvalue weighted by Gasteiger charge is -2.11. The van der Waals surface area contributed by atoms with Gasteiger partial charge in [-0.1, -0.05) is 13.8 Å². The molecule has 18 heavy (non-hydrogen) atoms. The molecule has 7 nitrogen and oxygen atoms in total. The number of carboxylic acids is 1. The smallest absolute Gasteiger partial charge is 0.313 e. The first kappa shape index (κ1) is 14.1. The molecule has 0 saturated carbocycles. The van der Waals surface area contributed by atoms with Gasteiger partial charge in [-0.05, 0) is 19.8 Å². The van der Waals surface area contributed by atoms with E-state index >= 15 is 0 Å². The van der Waals surface area contributed by atoms with Crippen LogP contribution in [-0.4, -0.2) is 25.8 Å². The lowest BCUT2D eigenvalue weighted by atomic mass is 10.0. The molecule has 1 aromatic heterocycles. The minimum Gasteiger partial charge on any atom is -0.481 e. The molecule has 0 amide bonds. The van der Waals surface area contributed by atoms with Crippen molar-refractivity contribution in [2.24, 2.45) is 0 Å². The molecule has 0 radical (unpaired) electrons. The average molecular weight is 255 g/mol. The number of aryl methyl sites for hydroxylation is 2. The Morgan fingerprint density at radius 2 is 2.17 bits per heavy atom. The van der Waals surface area contributed by atoms with Gasteiger partial charge in [-0.3, -0.25) is 19.6 Å². The lowest BCUT2D eigenvalue weighted by molar-refractivity contribution is -0.386. The summed E-state index contributed by atoms with van der Waals surface area (Å²) in [4.78, 5) is 21.7. The summed E-state index contributed by atoms with van der Waals surface area (Å²) in [6.07, 6.45) is 1.03. The number of hydrogen-bond acceptors (Lipinski definition) is 4. The van der Waals surface area contributed by atoms with Crippen molar-refractivity contribution in [2.45, 2.75) is 46.1 Å². The summed E-state index contributed by atoms with van der Waals surface area (Å²) in [6, 6.07) is 0. The molecule has 7 heteroatoms. The molecule has 0 aliphatic rings. The SMILES string of the molecule is CCCn1nc(C)c([N+](=O)[O-])c1C(CC)C(=O)O. The Balaban J connectivity index is 3.44. The number of hydrogen-bond donors (Lipinski definition) is 1. The Bertz CT molecular complexity index is 467. The maximum absolute atomic E-state index is 11.2. The van der Waals surface area contributed by atoms with E-state index in [1.165, 1.54) is 11.6 Å². The fourth-order valence-electron chi connectivity index (χ4n) is 2.03. The second-order valence-electron chi connectivity index (χ2n) is 4.10. The molecule has 1 unspecified atom stereocenters. The number of carboxylic acid groups (broad SMARTS) is 1. The summed E-state index contributed by atoms with van der Waals surface area (Å²) in [5.74, 6) is -1.95. The fourth-order valence-corrected chi connectivity index (χ4v) is 2.03. The topological polar surface area (TPSA) is 98.3 Å². The van der Waals surface area contributed by atoms with Crippen molar-refractivity contribution in [3.05, 3.63) is 21.5 Å². The summed E-state index contributed by atoms with van der Waals surface area (Å²) in [5, 5.41) is 24.3. The molecule has 1 aromatic rings. The summed E-state index contributed by atoms with van der Waals surface area (Å²) in [7, 11) is 0. The van der Waals surface area contributed by atoms with Gasteiger partial charge in [-0.15, -0.1) is 0 Å². The summed E-state index contributed by atoms with van der Waals surface area (Å²) in [5.41, 5.74) is 0.301. The predicted octanol–water partition coefficient (Wildman–Crippen LogP) is 2.09. The van der Waals surface area contributed by atoms with E-state index in [1.54, 1.807) is 6.92 Å². The van der Waals surface area contributed by atoms with E-state index in [2.05, 4.69) is 5.10 Å². The van der Waals surface area contributed by atoms with E-state index in [-0.39, 0.29) is 17.1 Å². The zero-order chi connectivity index (χ0) is 13.9. The Kier molecular flexibility index (Phi) is 4.41. The molecular weight excluding hydrogens is 238 g/mol. The number of nitrogens with zero attached hydrogens (tertiary/aromatic N) is 3. The van der Waals surface area contributed by atoms with Gasteiger partial charge >= 0.3 is 11.7 Å². The normalized spacial score (nSPS) is 12.4. The van der Waals surface area contributed by atoms with E-state index in [9.17, 15) is 20.0 Å². The van der Waals surface area contributed by atoms with Gasteiger partial charge in [0.05, 0.1) is 4.92 Å². The Morgan fingerprint density at radius 1 is 1.56 bits per heavy atom. The molecule has 0 fully saturated rings. The van der Waals surface area contributed by atoms with Crippen molar-refractivity contribution < 1.29 is 14.8 Å². The van der Waals surface area contributed by atoms with Gasteiger partial charge in [0.15, 0.2) is 0 Å². The highest BCUT2D eigenvalue weighted by Crippen LogP contribution is 2.32. The predicted molar refractivity (Wildman–Crippen MR) is 64.6 cm³/mol. The summed E-state index contributed by atoms with van der Waals surface area (Å²) in [6.45, 7) is 5.62. The monoisotopic (exact) mass is 255 g/mol. The van der Waals surface area contributed by atoms with Crippen molar-refractivity contribution in [1.82, 2.24) is 9.78 Å². The summed E-state index contributed by atoms with van der Waals surface area (Å²) < 4.78 is 1.45. The number of aromatic nitrogens is 2. The lowest BCUT2D eigenvalue weighted by Crippen LogP contribution is -2.17. The van der Waals surface area contributed by atoms with Crippen molar-refractivity contribution in [3.8, 4) is 0 Å². The molecule has 1 N–H and O–H groups in total. The van der Waals surface area contributed by atoms with E-state index in [0.29, 0.717) is 13.0 Å². The van der Waals surface area contributed by atoms with Crippen LogP contribution >= 0.6 is 0 Å². The Labute approximate surface area is 105 Å². The standard InChI is InChI=1S/C11H17N3O4/c1-4-6-13-10(8(5-2)11(15)16)9(14(17)18)7(3)12-13/h8H,4-6H2,1-3H3,(H,15,16). The van der Waals surface area contributed by atoms with Crippen LogP contribution in [0.3, 0.4) is 0 Å². The van der Waals surface area contributed by atoms with E-state index in [4.69, 9.17) is 0 Å². The molecule has 0 aromatic carbocycles. The number of nitro groups is 1. The quantitative estimate of drug-likeness (QED) is 0.619. The van der Waals surface area contributed by atoms with Crippen LogP contribution in [0.4, 0.5) is 5.69 Å². The van der Waals surface area contributed by atoms with Gasteiger partial charge in [0.1, 0.15) is 17.3 Å². The maximum atomic E-state index is 11.2. The van der Waals surface area contributed by atoms with Gasteiger partial charge in [-0.2, -0.15) is 5.10 Å². The van der Waals surface area contributed by atoms with Crippen LogP contribution in [0.1, 0.15) is 44.0 Å². The van der Waals surface area contributed by atoms with Gasteiger partial charge in [0, 0.05) is 6.54 Å². The first-order valence-corrected chi connectivity index (χ1v) is 5.88. The highest BCUT2D eigenvalue weighted by molar-refractivity contribution is 5.77. The van der Waals surface area contributed by atoms with Crippen molar-refractivity contribution in [1.29, 1.82) is 0 Å². The van der Waals surface area contributed by atoms with E-state index in [1.807, 2.05) is 6.92 Å². The number of carbonyl (C=O) groups is 1. The highest BCUT2D eigenvalue weighted by atomic mass is 16.6. The van der Waals surface area contributed by atoms with Crippen molar-refractivity contribution in [2.75, 3.05) is 0 Å². The molecule has 1 rings (SSSR count). The molecule has 0 spiro atoms. The highest BCUT2D eigenvalue weighted by Gasteiger charge is 2.33. The molecule has 0 aliphatic heterocycles. The third kappa shape index (κ3) is 2.49. The number of aliphatic carboxylic acids is 1. The van der Waals surface area contributed by atoms with Gasteiger partial charge in [0.25, 0.3) is 0 Å². The molecule has 0 aliphatic carbocycles. The number of rotatable bonds is 6. The Hall–Kier alpha value is -1.92. The third-order valence-corrected chi connectivity index (χ3v) is 2.79. The van der Waals surface area contributed by atoms with Crippen molar-refractivity contribution >= 4 is 11.7 Å². The van der Waals surface area contributed by atoms with E-state index in [0.717, 1.165) is 6.42 Å². The van der Waals surface area contributed by atoms with Crippen LogP contribution < -0.4 is 0 Å². The molecule has 100 valence electrons. The van der Waals surface area contributed by atoms with Crippen LogP contribution in [0.15, 0.2) is 0 Å². The molecular formula is C11H17N3O4. The maximum Gasteiger partial charge on any atom is 0.313 e. The first-order valence-electron chi connectivity index (χ1n) is 5.88. The molecule has 0 saturated heterocycles. The minimum atomic E-state index is -1.06. The minimum absolute atomic E-state index is 0.169. The van der Waals surface area contributed by atoms with Crippen LogP contribution in [-0.2, 0) is 11.3 Å². The zero-order valence-corrected chi connectivity index (χ0v) is 10.7.